The second kappa shape index (κ2) is 14.1. The van der Waals surface area contributed by atoms with Crippen molar-refractivity contribution >= 4 is 17.8 Å². The van der Waals surface area contributed by atoms with E-state index >= 15 is 0 Å². The summed E-state index contributed by atoms with van der Waals surface area (Å²) in [6.07, 6.45) is 1.51. The van der Waals surface area contributed by atoms with Crippen LogP contribution in [0.1, 0.15) is 12.1 Å². The number of aromatic amines is 1. The highest BCUT2D eigenvalue weighted by molar-refractivity contribution is 5.85. The summed E-state index contributed by atoms with van der Waals surface area (Å²) in [7, 11) is 1.18. The summed E-state index contributed by atoms with van der Waals surface area (Å²) in [5, 5.41) is 23.0. The molecule has 1 aromatic rings. The second-order valence-electron chi connectivity index (χ2n) is 5.99. The van der Waals surface area contributed by atoms with E-state index in [0.29, 0.717) is 5.69 Å². The minimum absolute atomic E-state index is 0.0937. The zero-order chi connectivity index (χ0) is 23.9. The van der Waals surface area contributed by atoms with Gasteiger partial charge < -0.3 is 34.8 Å². The van der Waals surface area contributed by atoms with Crippen LogP contribution in [0, 0.1) is 20.2 Å². The fraction of sp³-hybridized carbons (Fsp3) is 0.600. The first-order valence-electron chi connectivity index (χ1n) is 8.99. The van der Waals surface area contributed by atoms with Crippen LogP contribution in [0.2, 0.25) is 0 Å². The molecule has 3 N–H and O–H groups in total. The lowest BCUT2D eigenvalue weighted by atomic mass is 10.1. The highest BCUT2D eigenvalue weighted by Crippen LogP contribution is 2.01. The number of H-pyrrole nitrogens is 1. The van der Waals surface area contributed by atoms with E-state index in [-0.39, 0.29) is 19.4 Å². The van der Waals surface area contributed by atoms with Gasteiger partial charge in [0.2, 0.25) is 11.8 Å². The molecule has 17 heteroatoms. The Hall–Kier alpha value is -4.02. The van der Waals surface area contributed by atoms with Crippen molar-refractivity contribution in [1.82, 2.24) is 20.6 Å². The van der Waals surface area contributed by atoms with Gasteiger partial charge in [0.15, 0.2) is 6.10 Å². The molecule has 0 aromatic carbocycles. The fourth-order valence-corrected chi connectivity index (χ4v) is 2.24. The van der Waals surface area contributed by atoms with Crippen LogP contribution in [-0.4, -0.2) is 83.5 Å². The number of rotatable bonds is 16. The Morgan fingerprint density at radius 3 is 2.53 bits per heavy atom. The number of ether oxygens (including phenoxy) is 2. The molecule has 0 radical (unpaired) electrons. The zero-order valence-corrected chi connectivity index (χ0v) is 16.9. The van der Waals surface area contributed by atoms with Crippen LogP contribution in [0.5, 0.6) is 0 Å². The Kier molecular flexibility index (Phi) is 11.4. The lowest BCUT2D eigenvalue weighted by molar-refractivity contribution is -0.790. The number of carbonyl (C=O) groups excluding carboxylic acids is 3. The average molecular weight is 462 g/mol. The highest BCUT2D eigenvalue weighted by atomic mass is 17.0. The van der Waals surface area contributed by atoms with Crippen molar-refractivity contribution in [1.29, 1.82) is 0 Å². The van der Waals surface area contributed by atoms with Crippen LogP contribution in [0.3, 0.4) is 0 Å². The number of imidazole rings is 1. The van der Waals surface area contributed by atoms with Crippen LogP contribution in [0.25, 0.3) is 0 Å². The maximum atomic E-state index is 12.0. The molecule has 0 aliphatic carbocycles. The lowest BCUT2D eigenvalue weighted by Crippen LogP contribution is -2.44. The molecule has 0 saturated carbocycles. The van der Waals surface area contributed by atoms with Gasteiger partial charge in [-0.1, -0.05) is 0 Å². The Morgan fingerprint density at radius 1 is 1.19 bits per heavy atom. The van der Waals surface area contributed by atoms with E-state index in [2.05, 4.69) is 35.0 Å². The minimum Gasteiger partial charge on any atom is -0.467 e. The summed E-state index contributed by atoms with van der Waals surface area (Å²) in [5.41, 5.74) is 0.536. The first kappa shape index (κ1) is 26.0. The van der Waals surface area contributed by atoms with Gasteiger partial charge in [0.1, 0.15) is 19.3 Å². The zero-order valence-electron chi connectivity index (χ0n) is 16.9. The molecule has 0 saturated heterocycles. The van der Waals surface area contributed by atoms with Gasteiger partial charge in [0.25, 0.3) is 10.2 Å². The topological polar surface area (TPSA) is 227 Å². The van der Waals surface area contributed by atoms with Crippen molar-refractivity contribution in [2.24, 2.45) is 0 Å². The first-order chi connectivity index (χ1) is 15.2. The molecule has 32 heavy (non-hydrogen) atoms. The molecule has 1 rings (SSSR count). The van der Waals surface area contributed by atoms with Crippen molar-refractivity contribution in [2.45, 2.75) is 25.0 Å². The molecule has 0 fully saturated rings. The van der Waals surface area contributed by atoms with E-state index in [9.17, 15) is 34.6 Å². The average Bonchev–Trinajstić information content (AvgIpc) is 3.23. The van der Waals surface area contributed by atoms with E-state index in [4.69, 9.17) is 4.74 Å². The van der Waals surface area contributed by atoms with E-state index in [1.165, 1.54) is 13.4 Å². The molecule has 1 aromatic heterocycles. The normalized spacial score (nSPS) is 12.2. The van der Waals surface area contributed by atoms with E-state index in [1.54, 1.807) is 6.20 Å². The van der Waals surface area contributed by atoms with Crippen LogP contribution < -0.4 is 10.6 Å². The molecular weight excluding hydrogens is 440 g/mol. The SMILES string of the molecule is COC(=O)C(Cc1c[nH]cn1)NC(=O)CCNC(=O)COC[C@@H](CO[N+](=O)[O-])O[N+](=O)[O-]. The Labute approximate surface area is 179 Å². The summed E-state index contributed by atoms with van der Waals surface area (Å²) in [5.74, 6) is -1.85. The molecule has 0 aliphatic rings. The van der Waals surface area contributed by atoms with Crippen molar-refractivity contribution in [2.75, 3.05) is 33.5 Å². The van der Waals surface area contributed by atoms with Crippen LogP contribution >= 0.6 is 0 Å². The molecule has 2 atom stereocenters. The third-order valence-electron chi connectivity index (χ3n) is 3.60. The minimum atomic E-state index is -1.42. The fourth-order valence-electron chi connectivity index (χ4n) is 2.24. The van der Waals surface area contributed by atoms with Gasteiger partial charge >= 0.3 is 5.97 Å². The van der Waals surface area contributed by atoms with E-state index < -0.39 is 59.9 Å². The standard InChI is InChI=1S/C15H22N6O11/c1-29-15(24)12(4-10-5-16-9-18-10)19-13(22)2-3-17-14(23)8-30-6-11(32-21(27)28)7-31-20(25)26/h5,9,11-12H,2-4,6-8H2,1H3,(H,16,18)(H,17,23)(H,19,22)/t11-,12?/m0/s1. The summed E-state index contributed by atoms with van der Waals surface area (Å²) < 4.78 is 9.55. The smallest absolute Gasteiger partial charge is 0.328 e. The number of hydrogen-bond acceptors (Lipinski definition) is 12. The Morgan fingerprint density at radius 2 is 1.94 bits per heavy atom. The highest BCUT2D eigenvalue weighted by Gasteiger charge is 2.23. The van der Waals surface area contributed by atoms with Gasteiger partial charge in [0, 0.05) is 25.6 Å². The number of esters is 1. The largest absolute Gasteiger partial charge is 0.467 e. The molecule has 2 amide bonds. The van der Waals surface area contributed by atoms with Gasteiger partial charge in [-0.15, -0.1) is 20.2 Å². The number of nitrogens with one attached hydrogen (secondary N) is 3. The Balaban J connectivity index is 2.32. The number of methoxy groups -OCH3 is 1. The molecule has 0 aliphatic heterocycles. The number of carbonyl (C=O) groups is 3. The Bertz CT molecular complexity index is 772. The second-order valence-corrected chi connectivity index (χ2v) is 5.99. The van der Waals surface area contributed by atoms with E-state index in [0.717, 1.165) is 0 Å². The van der Waals surface area contributed by atoms with Crippen molar-refractivity contribution in [3.05, 3.63) is 38.4 Å². The van der Waals surface area contributed by atoms with Gasteiger partial charge in [-0.2, -0.15) is 0 Å². The van der Waals surface area contributed by atoms with Crippen LogP contribution in [0.4, 0.5) is 0 Å². The van der Waals surface area contributed by atoms with Gasteiger partial charge in [0.05, 0.1) is 25.7 Å². The molecular formula is C15H22N6O11. The van der Waals surface area contributed by atoms with Crippen LogP contribution in [-0.2, 0) is 40.0 Å². The van der Waals surface area contributed by atoms with Gasteiger partial charge in [-0.3, -0.25) is 9.59 Å². The van der Waals surface area contributed by atoms with E-state index in [1.807, 2.05) is 0 Å². The number of hydrogen-bond donors (Lipinski definition) is 3. The molecule has 1 unspecified atom stereocenters. The third kappa shape index (κ3) is 11.2. The maximum Gasteiger partial charge on any atom is 0.328 e. The summed E-state index contributed by atoms with van der Waals surface area (Å²) in [6.45, 7) is -1.95. The van der Waals surface area contributed by atoms with Crippen molar-refractivity contribution in [3.63, 3.8) is 0 Å². The van der Waals surface area contributed by atoms with Crippen molar-refractivity contribution in [3.8, 4) is 0 Å². The van der Waals surface area contributed by atoms with Crippen LogP contribution in [0.15, 0.2) is 12.5 Å². The molecule has 0 spiro atoms. The van der Waals surface area contributed by atoms with Crippen molar-refractivity contribution < 1.29 is 43.7 Å². The summed E-state index contributed by atoms with van der Waals surface area (Å²) in [4.78, 5) is 70.8. The number of nitrogens with zero attached hydrogens (tertiary/aromatic N) is 3. The molecule has 0 bridgehead atoms. The molecule has 178 valence electrons. The maximum absolute atomic E-state index is 12.0. The first-order valence-corrected chi connectivity index (χ1v) is 8.99. The summed E-state index contributed by atoms with van der Waals surface area (Å²) in [6, 6.07) is -0.963. The van der Waals surface area contributed by atoms with Gasteiger partial charge in [-0.25, -0.2) is 9.78 Å². The molecule has 17 nitrogen and oxygen atoms in total. The predicted octanol–water partition coefficient (Wildman–Crippen LogP) is -2.08. The monoisotopic (exact) mass is 462 g/mol. The number of amides is 2. The number of aromatic nitrogens is 2. The quantitative estimate of drug-likeness (QED) is 0.137. The predicted molar refractivity (Wildman–Crippen MR) is 99.5 cm³/mol. The molecule has 1 heterocycles. The van der Waals surface area contributed by atoms with Gasteiger partial charge in [-0.05, 0) is 0 Å². The lowest BCUT2D eigenvalue weighted by Gasteiger charge is -2.16. The summed E-state index contributed by atoms with van der Waals surface area (Å²) >= 11 is 0. The third-order valence-corrected chi connectivity index (χ3v) is 3.60.